The fraction of sp³-hybridized carbons (Fsp3) is 0.538. The second-order valence-electron chi connectivity index (χ2n) is 4.97. The van der Waals surface area contributed by atoms with Crippen LogP contribution >= 0.6 is 24.0 Å². The van der Waals surface area contributed by atoms with Crippen LogP contribution < -0.4 is 10.5 Å². The molecule has 2 rings (SSSR count). The third-order valence-corrected chi connectivity index (χ3v) is 5.35. The van der Waals surface area contributed by atoms with Crippen molar-refractivity contribution in [1.82, 2.24) is 4.72 Å². The first-order chi connectivity index (χ1) is 9.03. The number of nitrogens with two attached hydrogens (primary N) is 1. The van der Waals surface area contributed by atoms with E-state index in [1.165, 1.54) is 6.07 Å². The molecule has 0 heterocycles. The number of rotatable bonds is 4. The Morgan fingerprint density at radius 1 is 1.30 bits per heavy atom. The first-order valence-electron chi connectivity index (χ1n) is 6.51. The highest BCUT2D eigenvalue weighted by Crippen LogP contribution is 2.25. The summed E-state index contributed by atoms with van der Waals surface area (Å²) in [4.78, 5) is 0.210. The summed E-state index contributed by atoms with van der Waals surface area (Å²) in [6.07, 6.45) is 4.00. The average molecular weight is 339 g/mol. The van der Waals surface area contributed by atoms with Gasteiger partial charge < -0.3 is 5.73 Å². The minimum Gasteiger partial charge on any atom is -0.330 e. The Labute approximate surface area is 131 Å². The maximum absolute atomic E-state index is 12.3. The Balaban J connectivity index is 0.00000200. The zero-order chi connectivity index (χ0) is 13.9. The number of hydrogen-bond acceptors (Lipinski definition) is 3. The van der Waals surface area contributed by atoms with Crippen LogP contribution in [-0.4, -0.2) is 21.0 Å². The number of nitrogens with one attached hydrogen (secondary N) is 1. The van der Waals surface area contributed by atoms with E-state index in [0.717, 1.165) is 25.7 Å². The van der Waals surface area contributed by atoms with Crippen LogP contribution in [-0.2, 0) is 10.0 Å². The monoisotopic (exact) mass is 338 g/mol. The van der Waals surface area contributed by atoms with E-state index < -0.39 is 10.0 Å². The Kier molecular flexibility index (Phi) is 6.75. The van der Waals surface area contributed by atoms with Gasteiger partial charge in [0.2, 0.25) is 10.0 Å². The molecule has 114 valence electrons. The lowest BCUT2D eigenvalue weighted by atomic mass is 9.85. The molecule has 0 amide bonds. The Morgan fingerprint density at radius 2 is 2.00 bits per heavy atom. The van der Waals surface area contributed by atoms with Crippen molar-refractivity contribution < 1.29 is 8.42 Å². The van der Waals surface area contributed by atoms with Crippen LogP contribution in [0.3, 0.4) is 0 Å². The largest absolute Gasteiger partial charge is 0.330 e. The van der Waals surface area contributed by atoms with E-state index in [2.05, 4.69) is 4.72 Å². The van der Waals surface area contributed by atoms with Gasteiger partial charge in [0, 0.05) is 11.1 Å². The minimum absolute atomic E-state index is 0. The molecule has 0 radical (unpaired) electrons. The van der Waals surface area contributed by atoms with Crippen molar-refractivity contribution in [1.29, 1.82) is 0 Å². The van der Waals surface area contributed by atoms with Crippen LogP contribution in [0.4, 0.5) is 0 Å². The van der Waals surface area contributed by atoms with Gasteiger partial charge in [-0.2, -0.15) is 0 Å². The van der Waals surface area contributed by atoms with E-state index in [-0.39, 0.29) is 29.3 Å². The Morgan fingerprint density at radius 3 is 2.65 bits per heavy atom. The Hall–Kier alpha value is -0.330. The molecule has 4 nitrogen and oxygen atoms in total. The summed E-state index contributed by atoms with van der Waals surface area (Å²) in [5, 5.41) is 0.418. The van der Waals surface area contributed by atoms with Crippen LogP contribution in [0.1, 0.15) is 25.7 Å². The molecule has 20 heavy (non-hydrogen) atoms. The summed E-state index contributed by atoms with van der Waals surface area (Å²) in [7, 11) is -3.52. The van der Waals surface area contributed by atoms with E-state index in [0.29, 0.717) is 11.6 Å². The molecular weight excluding hydrogens is 319 g/mol. The van der Waals surface area contributed by atoms with E-state index in [9.17, 15) is 8.42 Å². The zero-order valence-electron chi connectivity index (χ0n) is 11.1. The zero-order valence-corrected chi connectivity index (χ0v) is 13.5. The average Bonchev–Trinajstić information content (AvgIpc) is 2.39. The maximum Gasteiger partial charge on any atom is 0.240 e. The predicted molar refractivity (Wildman–Crippen MR) is 83.8 cm³/mol. The molecule has 7 heteroatoms. The summed E-state index contributed by atoms with van der Waals surface area (Å²) < 4.78 is 27.4. The molecule has 0 saturated heterocycles. The minimum atomic E-state index is -3.52. The lowest BCUT2D eigenvalue weighted by Gasteiger charge is -2.31. The molecule has 1 fully saturated rings. The second-order valence-corrected chi connectivity index (χ2v) is 7.12. The molecule has 0 bridgehead atoms. The molecule has 1 aromatic rings. The lowest BCUT2D eigenvalue weighted by Crippen LogP contribution is -2.44. The molecule has 1 aliphatic rings. The van der Waals surface area contributed by atoms with Crippen molar-refractivity contribution in [2.24, 2.45) is 11.7 Å². The highest BCUT2D eigenvalue weighted by molar-refractivity contribution is 7.89. The Bertz CT molecular complexity index is 537. The molecule has 1 aliphatic carbocycles. The van der Waals surface area contributed by atoms with Gasteiger partial charge in [0.25, 0.3) is 0 Å². The number of hydrogen-bond donors (Lipinski definition) is 2. The summed E-state index contributed by atoms with van der Waals surface area (Å²) in [5.41, 5.74) is 5.72. The van der Waals surface area contributed by atoms with Crippen molar-refractivity contribution in [3.8, 4) is 0 Å². The summed E-state index contributed by atoms with van der Waals surface area (Å²) >= 11 is 5.84. The molecule has 1 saturated carbocycles. The smallest absolute Gasteiger partial charge is 0.240 e. The molecule has 0 aromatic heterocycles. The van der Waals surface area contributed by atoms with Crippen molar-refractivity contribution in [2.45, 2.75) is 36.6 Å². The normalized spacial score (nSPS) is 23.1. The number of halogens is 2. The first-order valence-corrected chi connectivity index (χ1v) is 8.37. The number of sulfonamides is 1. The van der Waals surface area contributed by atoms with Crippen molar-refractivity contribution in [2.75, 3.05) is 6.54 Å². The van der Waals surface area contributed by atoms with Crippen LogP contribution in [0, 0.1) is 5.92 Å². The van der Waals surface area contributed by atoms with Gasteiger partial charge in [0.1, 0.15) is 0 Å². The topological polar surface area (TPSA) is 72.2 Å². The highest BCUT2D eigenvalue weighted by atomic mass is 35.5. The molecule has 2 atom stereocenters. The van der Waals surface area contributed by atoms with Gasteiger partial charge in [0.15, 0.2) is 0 Å². The van der Waals surface area contributed by atoms with E-state index >= 15 is 0 Å². The van der Waals surface area contributed by atoms with Crippen LogP contribution in [0.5, 0.6) is 0 Å². The maximum atomic E-state index is 12.3. The first kappa shape index (κ1) is 17.7. The van der Waals surface area contributed by atoms with Crippen LogP contribution in [0.2, 0.25) is 5.02 Å². The van der Waals surface area contributed by atoms with Gasteiger partial charge in [0.05, 0.1) is 4.90 Å². The second kappa shape index (κ2) is 7.61. The molecule has 1 aromatic carbocycles. The van der Waals surface area contributed by atoms with Gasteiger partial charge in [-0.05, 0) is 43.5 Å². The standard InChI is InChI=1S/C13H19ClN2O2S.ClH/c14-11-5-3-6-12(8-11)19(17,18)16-13-7-2-1-4-10(13)9-15;/h3,5-6,8,10,13,16H,1-2,4,7,9,15H2;1H. The van der Waals surface area contributed by atoms with Gasteiger partial charge in [-0.1, -0.05) is 30.5 Å². The molecule has 3 N–H and O–H groups in total. The third kappa shape index (κ3) is 4.33. The van der Waals surface area contributed by atoms with E-state index in [4.69, 9.17) is 17.3 Å². The quantitative estimate of drug-likeness (QED) is 0.886. The van der Waals surface area contributed by atoms with Gasteiger partial charge in [-0.3, -0.25) is 0 Å². The van der Waals surface area contributed by atoms with Crippen LogP contribution in [0.15, 0.2) is 29.2 Å². The summed E-state index contributed by atoms with van der Waals surface area (Å²) in [6, 6.07) is 6.24. The third-order valence-electron chi connectivity index (χ3n) is 3.62. The molecular formula is C13H20Cl2N2O2S. The van der Waals surface area contributed by atoms with Gasteiger partial charge in [-0.25, -0.2) is 13.1 Å². The molecule has 2 unspecified atom stereocenters. The molecule has 0 spiro atoms. The molecule has 0 aliphatic heterocycles. The van der Waals surface area contributed by atoms with E-state index in [1.54, 1.807) is 18.2 Å². The van der Waals surface area contributed by atoms with Crippen molar-refractivity contribution in [3.05, 3.63) is 29.3 Å². The lowest BCUT2D eigenvalue weighted by molar-refractivity contribution is 0.296. The van der Waals surface area contributed by atoms with E-state index in [1.807, 2.05) is 0 Å². The summed E-state index contributed by atoms with van der Waals surface area (Å²) in [5.74, 6) is 0.225. The SMILES string of the molecule is Cl.NCC1CCCCC1NS(=O)(=O)c1cccc(Cl)c1. The number of benzene rings is 1. The highest BCUT2D eigenvalue weighted by Gasteiger charge is 2.28. The predicted octanol–water partition coefficient (Wildman–Crippen LogP) is 2.56. The van der Waals surface area contributed by atoms with Crippen molar-refractivity contribution >= 4 is 34.0 Å². The van der Waals surface area contributed by atoms with Gasteiger partial charge in [-0.15, -0.1) is 12.4 Å². The van der Waals surface area contributed by atoms with Gasteiger partial charge >= 0.3 is 0 Å². The fourth-order valence-electron chi connectivity index (χ4n) is 2.55. The summed E-state index contributed by atoms with van der Waals surface area (Å²) in [6.45, 7) is 0.517. The fourth-order valence-corrected chi connectivity index (χ4v) is 4.19. The van der Waals surface area contributed by atoms with Crippen LogP contribution in [0.25, 0.3) is 0 Å². The van der Waals surface area contributed by atoms with Crippen molar-refractivity contribution in [3.63, 3.8) is 0 Å².